The Labute approximate surface area is 159 Å². The van der Waals surface area contributed by atoms with Crippen LogP contribution in [0, 0.1) is 18.0 Å². The van der Waals surface area contributed by atoms with Crippen molar-refractivity contribution in [2.45, 2.75) is 27.2 Å². The van der Waals surface area contributed by atoms with Gasteiger partial charge in [-0.3, -0.25) is 0 Å². The first-order valence-electron chi connectivity index (χ1n) is 9.07. The van der Waals surface area contributed by atoms with Gasteiger partial charge in [0.15, 0.2) is 5.69 Å². The Bertz CT molecular complexity index is 939. The average Bonchev–Trinajstić information content (AvgIpc) is 2.65. The fourth-order valence-electron chi connectivity index (χ4n) is 2.79. The number of rotatable bonds is 6. The Hall–Kier alpha value is -3.08. The van der Waals surface area contributed by atoms with Gasteiger partial charge in [-0.2, -0.15) is 0 Å². The molecule has 0 amide bonds. The molecule has 0 aliphatic heterocycles. The summed E-state index contributed by atoms with van der Waals surface area (Å²) in [6.07, 6.45) is 2.21. The molecule has 5 heteroatoms. The molecule has 0 saturated carbocycles. The third kappa shape index (κ3) is 4.37. The molecule has 0 fully saturated rings. The van der Waals surface area contributed by atoms with Crippen molar-refractivity contribution < 1.29 is 14.6 Å². The van der Waals surface area contributed by atoms with E-state index < -0.39 is 0 Å². The maximum Gasteiger partial charge on any atom is 0.290 e. The third-order valence-corrected chi connectivity index (χ3v) is 4.42. The number of phenolic OH excluding ortho intramolecular Hbond substituents is 1. The van der Waals surface area contributed by atoms with Crippen LogP contribution < -0.4 is 9.47 Å². The van der Waals surface area contributed by atoms with Gasteiger partial charge in [-0.1, -0.05) is 26.0 Å². The molecule has 1 heterocycles. The van der Waals surface area contributed by atoms with Crippen molar-refractivity contribution >= 4 is 0 Å². The van der Waals surface area contributed by atoms with E-state index in [4.69, 9.17) is 4.74 Å². The van der Waals surface area contributed by atoms with Crippen molar-refractivity contribution in [1.29, 1.82) is 0 Å². The quantitative estimate of drug-likeness (QED) is 0.517. The van der Waals surface area contributed by atoms with Gasteiger partial charge in [0, 0.05) is 11.6 Å². The molecule has 140 valence electrons. The number of hydrogen-bond donors (Lipinski definition) is 1. The van der Waals surface area contributed by atoms with E-state index in [0.717, 1.165) is 27.8 Å². The van der Waals surface area contributed by atoms with Crippen LogP contribution in [0.5, 0.6) is 11.5 Å². The Balaban J connectivity index is 1.98. The number of ether oxygens (including phenoxy) is 1. The predicted octanol–water partition coefficient (Wildman–Crippen LogP) is 4.49. The zero-order chi connectivity index (χ0) is 19.4. The summed E-state index contributed by atoms with van der Waals surface area (Å²) in [6, 6.07) is 14.6. The number of nitrogens with zero attached hydrogens (tertiary/aromatic N) is 2. The van der Waals surface area contributed by atoms with E-state index in [1.54, 1.807) is 18.2 Å². The van der Waals surface area contributed by atoms with Crippen LogP contribution in [0.3, 0.4) is 0 Å². The second-order valence-corrected chi connectivity index (χ2v) is 7.01. The van der Waals surface area contributed by atoms with Crippen molar-refractivity contribution in [2.24, 2.45) is 5.92 Å². The summed E-state index contributed by atoms with van der Waals surface area (Å²) in [5.41, 5.74) is 3.47. The fraction of sp³-hybridized carbons (Fsp3) is 0.273. The van der Waals surface area contributed by atoms with Gasteiger partial charge in [0.05, 0.1) is 12.2 Å². The third-order valence-electron chi connectivity index (χ3n) is 4.42. The second kappa shape index (κ2) is 8.08. The lowest BCUT2D eigenvalue weighted by Crippen LogP contribution is -2.29. The lowest BCUT2D eigenvalue weighted by molar-refractivity contribution is -0.597. The Morgan fingerprint density at radius 2 is 1.93 bits per heavy atom. The lowest BCUT2D eigenvalue weighted by atomic mass is 10.0. The van der Waals surface area contributed by atoms with Gasteiger partial charge >= 0.3 is 0 Å². The van der Waals surface area contributed by atoms with Gasteiger partial charge in [0.1, 0.15) is 17.2 Å². The number of aromatic nitrogens is 2. The summed E-state index contributed by atoms with van der Waals surface area (Å²) < 4.78 is 6.68. The zero-order valence-electron chi connectivity index (χ0n) is 15.8. The molecule has 1 aromatic heterocycles. The van der Waals surface area contributed by atoms with Gasteiger partial charge in [0.25, 0.3) is 6.33 Å². The van der Waals surface area contributed by atoms with Crippen LogP contribution in [0.4, 0.5) is 0 Å². The number of para-hydroxylation sites is 1. The highest BCUT2D eigenvalue weighted by molar-refractivity contribution is 5.70. The largest absolute Gasteiger partial charge is 0.710 e. The highest BCUT2D eigenvalue weighted by atomic mass is 16.5. The molecular formula is C22H24N2O3. The standard InChI is InChI=1S/C22H24N2O3/c1-15(2)10-11-27-22-7-5-4-6-18(22)20-13-19(23-14-24(20)26)17-8-9-21(25)16(3)12-17/h4-9,12-15,25H,10-11H2,1-3H3. The molecule has 3 rings (SSSR count). The smallest absolute Gasteiger partial charge is 0.290 e. The number of phenols is 1. The molecule has 0 atom stereocenters. The Morgan fingerprint density at radius 3 is 2.67 bits per heavy atom. The minimum Gasteiger partial charge on any atom is -0.710 e. The van der Waals surface area contributed by atoms with Crippen molar-refractivity contribution in [3.63, 3.8) is 0 Å². The maximum absolute atomic E-state index is 12.4. The molecule has 3 aromatic rings. The highest BCUT2D eigenvalue weighted by Gasteiger charge is 2.16. The number of aryl methyl sites for hydroxylation is 1. The molecule has 1 N–H and O–H groups in total. The van der Waals surface area contributed by atoms with Crippen LogP contribution in [0.1, 0.15) is 25.8 Å². The molecule has 0 unspecified atom stereocenters. The minimum atomic E-state index is 0.234. The van der Waals surface area contributed by atoms with E-state index in [-0.39, 0.29) is 5.75 Å². The summed E-state index contributed by atoms with van der Waals surface area (Å²) >= 11 is 0. The van der Waals surface area contributed by atoms with E-state index in [9.17, 15) is 10.3 Å². The summed E-state index contributed by atoms with van der Waals surface area (Å²) in [6.45, 7) is 6.72. The van der Waals surface area contributed by atoms with Crippen molar-refractivity contribution in [2.75, 3.05) is 6.61 Å². The van der Waals surface area contributed by atoms with Crippen molar-refractivity contribution in [3.8, 4) is 34.0 Å². The Kier molecular flexibility index (Phi) is 5.60. The summed E-state index contributed by atoms with van der Waals surface area (Å²) in [4.78, 5) is 4.25. The van der Waals surface area contributed by atoms with Crippen LogP contribution in [0.25, 0.3) is 22.5 Å². The molecule has 27 heavy (non-hydrogen) atoms. The maximum atomic E-state index is 12.4. The first-order chi connectivity index (χ1) is 13.0. The fourth-order valence-corrected chi connectivity index (χ4v) is 2.79. The van der Waals surface area contributed by atoms with Crippen molar-refractivity contribution in [1.82, 2.24) is 4.98 Å². The van der Waals surface area contributed by atoms with E-state index in [1.165, 1.54) is 6.33 Å². The van der Waals surface area contributed by atoms with Crippen LogP contribution in [-0.2, 0) is 0 Å². The average molecular weight is 364 g/mol. The van der Waals surface area contributed by atoms with Gasteiger partial charge < -0.3 is 15.1 Å². The van der Waals surface area contributed by atoms with Crippen LogP contribution >= 0.6 is 0 Å². The summed E-state index contributed by atoms with van der Waals surface area (Å²) in [5.74, 6) is 1.46. The molecule has 0 bridgehead atoms. The molecule has 0 radical (unpaired) electrons. The first kappa shape index (κ1) is 18.7. The second-order valence-electron chi connectivity index (χ2n) is 7.01. The first-order valence-corrected chi connectivity index (χ1v) is 9.07. The van der Waals surface area contributed by atoms with Gasteiger partial charge in [-0.25, -0.2) is 4.73 Å². The van der Waals surface area contributed by atoms with E-state index in [0.29, 0.717) is 29.7 Å². The minimum absolute atomic E-state index is 0.234. The van der Waals surface area contributed by atoms with Crippen LogP contribution in [0.15, 0.2) is 54.9 Å². The zero-order valence-corrected chi connectivity index (χ0v) is 15.8. The molecule has 0 aliphatic carbocycles. The number of hydrogen-bond acceptors (Lipinski definition) is 4. The molecule has 0 saturated heterocycles. The van der Waals surface area contributed by atoms with Gasteiger partial charge in [0.2, 0.25) is 0 Å². The number of aromatic hydroxyl groups is 1. The van der Waals surface area contributed by atoms with Gasteiger partial charge in [-0.15, -0.1) is 0 Å². The highest BCUT2D eigenvalue weighted by Crippen LogP contribution is 2.30. The molecule has 0 aliphatic rings. The lowest BCUT2D eigenvalue weighted by Gasteiger charge is -2.14. The molecule has 5 nitrogen and oxygen atoms in total. The predicted molar refractivity (Wildman–Crippen MR) is 105 cm³/mol. The van der Waals surface area contributed by atoms with E-state index in [1.807, 2.05) is 37.3 Å². The van der Waals surface area contributed by atoms with E-state index in [2.05, 4.69) is 18.8 Å². The molecule has 0 spiro atoms. The van der Waals surface area contributed by atoms with Crippen molar-refractivity contribution in [3.05, 3.63) is 65.6 Å². The SMILES string of the molecule is Cc1cc(-c2cc(-c3ccccc3OCCC(C)C)[n+]([O-])cn2)ccc1O. The molecular weight excluding hydrogens is 340 g/mol. The molecule has 2 aromatic carbocycles. The van der Waals surface area contributed by atoms with Gasteiger partial charge in [-0.05, 0) is 60.1 Å². The number of benzene rings is 2. The monoisotopic (exact) mass is 364 g/mol. The normalized spacial score (nSPS) is 11.0. The van der Waals surface area contributed by atoms with Crippen LogP contribution in [0.2, 0.25) is 0 Å². The summed E-state index contributed by atoms with van der Waals surface area (Å²) in [7, 11) is 0. The summed E-state index contributed by atoms with van der Waals surface area (Å²) in [5, 5.41) is 22.2. The van der Waals surface area contributed by atoms with E-state index >= 15 is 0 Å². The van der Waals surface area contributed by atoms with Crippen LogP contribution in [-0.4, -0.2) is 16.7 Å². The Morgan fingerprint density at radius 1 is 1.15 bits per heavy atom. The topological polar surface area (TPSA) is 69.3 Å².